The summed E-state index contributed by atoms with van der Waals surface area (Å²) in [5.41, 5.74) is 1.52. The molecule has 2 aromatic carbocycles. The van der Waals surface area contributed by atoms with Gasteiger partial charge in [0, 0.05) is 5.56 Å². The number of hydrogen-bond acceptors (Lipinski definition) is 6. The Hall–Kier alpha value is -3.35. The molecule has 2 aromatic heterocycles. The Bertz CT molecular complexity index is 1040. The van der Waals surface area contributed by atoms with Crippen LogP contribution >= 0.6 is 0 Å². The third-order valence-corrected chi connectivity index (χ3v) is 3.50. The van der Waals surface area contributed by atoms with E-state index in [4.69, 9.17) is 13.7 Å². The van der Waals surface area contributed by atoms with Gasteiger partial charge < -0.3 is 13.7 Å². The van der Waals surface area contributed by atoms with Crippen LogP contribution in [0.5, 0.6) is 5.75 Å². The van der Waals surface area contributed by atoms with Crippen molar-refractivity contribution < 1.29 is 13.7 Å². The van der Waals surface area contributed by atoms with Crippen LogP contribution in [0.3, 0.4) is 0 Å². The fourth-order valence-corrected chi connectivity index (χ4v) is 2.36. The Balaban J connectivity index is 1.80. The van der Waals surface area contributed by atoms with E-state index in [0.717, 1.165) is 0 Å². The van der Waals surface area contributed by atoms with Gasteiger partial charge in [-0.05, 0) is 30.3 Å². The van der Waals surface area contributed by atoms with E-state index in [1.165, 1.54) is 0 Å². The second-order valence-corrected chi connectivity index (χ2v) is 4.86. The summed E-state index contributed by atoms with van der Waals surface area (Å²) in [4.78, 5) is 11.6. The molecular formula is C16H11N3O4. The molecule has 0 saturated carbocycles. The molecular weight excluding hydrogens is 298 g/mol. The number of ether oxygens (including phenoxy) is 1. The quantitative estimate of drug-likeness (QED) is 0.625. The lowest BCUT2D eigenvalue weighted by Gasteiger charge is -2.03. The van der Waals surface area contributed by atoms with E-state index in [2.05, 4.69) is 15.4 Å². The van der Waals surface area contributed by atoms with Gasteiger partial charge in [-0.3, -0.25) is 0 Å². The molecule has 4 rings (SSSR count). The van der Waals surface area contributed by atoms with Gasteiger partial charge in [0.15, 0.2) is 0 Å². The first kappa shape index (κ1) is 13.3. The predicted molar refractivity (Wildman–Crippen MR) is 82.1 cm³/mol. The van der Waals surface area contributed by atoms with Gasteiger partial charge in [0.1, 0.15) is 5.75 Å². The molecule has 1 N–H and O–H groups in total. The molecule has 0 aliphatic heterocycles. The summed E-state index contributed by atoms with van der Waals surface area (Å²) in [7, 11) is 1.58. The Labute approximate surface area is 129 Å². The molecule has 0 saturated heterocycles. The third kappa shape index (κ3) is 2.18. The van der Waals surface area contributed by atoms with E-state index < -0.39 is 5.63 Å². The van der Waals surface area contributed by atoms with Gasteiger partial charge in [-0.15, -0.1) is 10.2 Å². The maximum Gasteiger partial charge on any atom is 0.365 e. The van der Waals surface area contributed by atoms with Crippen LogP contribution in [-0.4, -0.2) is 22.5 Å². The van der Waals surface area contributed by atoms with Crippen molar-refractivity contribution in [2.75, 3.05) is 7.11 Å². The lowest BCUT2D eigenvalue weighted by molar-refractivity contribution is 0.400. The monoisotopic (exact) mass is 309 g/mol. The minimum absolute atomic E-state index is 0.313. The molecule has 4 aromatic rings. The zero-order valence-corrected chi connectivity index (χ0v) is 12.1. The summed E-state index contributed by atoms with van der Waals surface area (Å²) in [5, 5.41) is 11.1. The molecule has 0 aliphatic rings. The molecule has 7 nitrogen and oxygen atoms in total. The molecule has 0 fully saturated rings. The minimum atomic E-state index is -0.439. The molecule has 2 heterocycles. The van der Waals surface area contributed by atoms with E-state index in [9.17, 15) is 4.79 Å². The van der Waals surface area contributed by atoms with E-state index in [1.807, 2.05) is 24.3 Å². The Morgan fingerprint density at radius 1 is 1.09 bits per heavy atom. The number of nitrogens with zero attached hydrogens (tertiary/aromatic N) is 2. The van der Waals surface area contributed by atoms with Crippen LogP contribution in [0.15, 0.2) is 56.2 Å². The largest absolute Gasteiger partial charge is 0.496 e. The fraction of sp³-hybridized carbons (Fsp3) is 0.0625. The van der Waals surface area contributed by atoms with E-state index in [1.54, 1.807) is 25.3 Å². The van der Waals surface area contributed by atoms with Crippen LogP contribution in [0.2, 0.25) is 0 Å². The summed E-state index contributed by atoms with van der Waals surface area (Å²) >= 11 is 0. The third-order valence-electron chi connectivity index (χ3n) is 3.50. The number of aromatic amines is 1. The summed E-state index contributed by atoms with van der Waals surface area (Å²) in [6.07, 6.45) is 0. The van der Waals surface area contributed by atoms with Gasteiger partial charge in [0.2, 0.25) is 5.89 Å². The van der Waals surface area contributed by atoms with Crippen LogP contribution < -0.4 is 10.4 Å². The molecule has 7 heteroatoms. The van der Waals surface area contributed by atoms with Gasteiger partial charge in [-0.1, -0.05) is 12.1 Å². The van der Waals surface area contributed by atoms with Gasteiger partial charge in [0.05, 0.1) is 23.6 Å². The molecule has 23 heavy (non-hydrogen) atoms. The zero-order chi connectivity index (χ0) is 15.8. The standard InChI is InChI=1S/C16H11N3O4/c1-21-13-5-3-2-4-10(13)15-18-17-14(22-15)9-6-7-12-11(8-9)16(20)23-19-12/h2-8,19H,1H3. The smallest absolute Gasteiger partial charge is 0.365 e. The number of aromatic nitrogens is 3. The van der Waals surface area contributed by atoms with Crippen molar-refractivity contribution in [1.82, 2.24) is 15.4 Å². The van der Waals surface area contributed by atoms with Crippen molar-refractivity contribution in [3.63, 3.8) is 0 Å². The van der Waals surface area contributed by atoms with Crippen LogP contribution in [0.25, 0.3) is 33.8 Å². The highest BCUT2D eigenvalue weighted by molar-refractivity contribution is 5.81. The van der Waals surface area contributed by atoms with Crippen LogP contribution in [-0.2, 0) is 0 Å². The number of rotatable bonds is 3. The van der Waals surface area contributed by atoms with Crippen molar-refractivity contribution in [3.8, 4) is 28.7 Å². The number of benzene rings is 2. The average Bonchev–Trinajstić information content (AvgIpc) is 3.22. The minimum Gasteiger partial charge on any atom is -0.496 e. The Morgan fingerprint density at radius 2 is 1.91 bits per heavy atom. The molecule has 0 aliphatic carbocycles. The predicted octanol–water partition coefficient (Wildman–Crippen LogP) is 2.85. The van der Waals surface area contributed by atoms with Crippen molar-refractivity contribution in [2.45, 2.75) is 0 Å². The number of para-hydroxylation sites is 1. The SMILES string of the molecule is COc1ccccc1-c1nnc(-c2ccc3[nH]oc(=O)c3c2)o1. The van der Waals surface area contributed by atoms with Crippen molar-refractivity contribution in [2.24, 2.45) is 0 Å². The van der Waals surface area contributed by atoms with Crippen LogP contribution in [0.4, 0.5) is 0 Å². The van der Waals surface area contributed by atoms with Gasteiger partial charge >= 0.3 is 5.63 Å². The van der Waals surface area contributed by atoms with Crippen molar-refractivity contribution in [3.05, 3.63) is 52.9 Å². The first-order valence-corrected chi connectivity index (χ1v) is 6.85. The normalized spacial score (nSPS) is 11.0. The second-order valence-electron chi connectivity index (χ2n) is 4.86. The lowest BCUT2D eigenvalue weighted by Crippen LogP contribution is -1.90. The number of fused-ring (bicyclic) bond motifs is 1. The topological polar surface area (TPSA) is 94.2 Å². The molecule has 0 unspecified atom stereocenters. The maximum absolute atomic E-state index is 11.6. The molecule has 0 bridgehead atoms. The first-order chi connectivity index (χ1) is 11.3. The molecule has 0 spiro atoms. The Kier molecular flexibility index (Phi) is 2.97. The van der Waals surface area contributed by atoms with Gasteiger partial charge in [-0.25, -0.2) is 9.95 Å². The van der Waals surface area contributed by atoms with E-state index >= 15 is 0 Å². The average molecular weight is 309 g/mol. The number of methoxy groups -OCH3 is 1. The highest BCUT2D eigenvalue weighted by Gasteiger charge is 2.15. The van der Waals surface area contributed by atoms with Crippen LogP contribution in [0, 0.1) is 0 Å². The summed E-state index contributed by atoms with van der Waals surface area (Å²) in [6, 6.07) is 12.5. The van der Waals surface area contributed by atoms with E-state index in [0.29, 0.717) is 39.6 Å². The summed E-state index contributed by atoms with van der Waals surface area (Å²) < 4.78 is 15.8. The summed E-state index contributed by atoms with van der Waals surface area (Å²) in [6.45, 7) is 0. The number of hydrogen-bond donors (Lipinski definition) is 1. The highest BCUT2D eigenvalue weighted by atomic mass is 16.5. The molecule has 0 radical (unpaired) electrons. The van der Waals surface area contributed by atoms with Crippen molar-refractivity contribution in [1.29, 1.82) is 0 Å². The molecule has 114 valence electrons. The number of nitrogens with one attached hydrogen (secondary N) is 1. The zero-order valence-electron chi connectivity index (χ0n) is 12.1. The van der Waals surface area contributed by atoms with Gasteiger partial charge in [-0.2, -0.15) is 0 Å². The molecule has 0 atom stereocenters. The second kappa shape index (κ2) is 5.13. The maximum atomic E-state index is 11.6. The Morgan fingerprint density at radius 3 is 2.78 bits per heavy atom. The fourth-order valence-electron chi connectivity index (χ4n) is 2.36. The first-order valence-electron chi connectivity index (χ1n) is 6.85. The highest BCUT2D eigenvalue weighted by Crippen LogP contribution is 2.31. The number of H-pyrrole nitrogens is 1. The van der Waals surface area contributed by atoms with E-state index in [-0.39, 0.29) is 0 Å². The molecule has 0 amide bonds. The van der Waals surface area contributed by atoms with Crippen LogP contribution in [0.1, 0.15) is 0 Å². The summed E-state index contributed by atoms with van der Waals surface area (Å²) in [5.74, 6) is 1.30. The lowest BCUT2D eigenvalue weighted by atomic mass is 10.1. The van der Waals surface area contributed by atoms with Crippen molar-refractivity contribution >= 4 is 10.9 Å². The van der Waals surface area contributed by atoms with Gasteiger partial charge in [0.25, 0.3) is 5.89 Å².